The molecule has 0 aliphatic rings. The van der Waals surface area contributed by atoms with Crippen molar-refractivity contribution >= 4 is 46.3 Å². The summed E-state index contributed by atoms with van der Waals surface area (Å²) < 4.78 is 1.09. The molecule has 1 unspecified atom stereocenters. The number of hydrogen-bond donors (Lipinski definition) is 0. The molecule has 1 nitrogen and oxygen atoms in total. The van der Waals surface area contributed by atoms with E-state index in [4.69, 9.17) is 0 Å². The van der Waals surface area contributed by atoms with Gasteiger partial charge in [-0.3, -0.25) is 0 Å². The zero-order chi connectivity index (χ0) is 17.8. The van der Waals surface area contributed by atoms with E-state index >= 15 is 0 Å². The van der Waals surface area contributed by atoms with E-state index < -0.39 is 0 Å². The molecule has 0 saturated heterocycles. The van der Waals surface area contributed by atoms with E-state index in [1.54, 1.807) is 0 Å². The molecule has 0 aromatic heterocycles. The van der Waals surface area contributed by atoms with Crippen LogP contribution in [0, 0.1) is 0 Å². The van der Waals surface area contributed by atoms with Gasteiger partial charge in [-0.2, -0.15) is 0 Å². The zero-order valence-corrected chi connectivity index (χ0v) is 16.6. The maximum Gasteiger partial charge on any atom is 0.139 e. The van der Waals surface area contributed by atoms with Crippen molar-refractivity contribution in [3.63, 3.8) is 0 Å². The van der Waals surface area contributed by atoms with Crippen LogP contribution < -0.4 is 10.4 Å². The predicted octanol–water partition coefficient (Wildman–Crippen LogP) is 5.69. The highest BCUT2D eigenvalue weighted by molar-refractivity contribution is 9.10. The molecule has 0 radical (unpaired) electrons. The van der Waals surface area contributed by atoms with Crippen molar-refractivity contribution in [2.45, 2.75) is 26.2 Å². The Morgan fingerprint density at radius 2 is 1.24 bits per heavy atom. The molecule has 0 amide bonds. The van der Waals surface area contributed by atoms with Crippen molar-refractivity contribution in [1.29, 1.82) is 0 Å². The summed E-state index contributed by atoms with van der Waals surface area (Å²) in [6, 6.07) is 26.1. The lowest BCUT2D eigenvalue weighted by molar-refractivity contribution is 0.733. The summed E-state index contributed by atoms with van der Waals surface area (Å²) in [5, 5.41) is 0. The van der Waals surface area contributed by atoms with Crippen molar-refractivity contribution in [2.24, 2.45) is 0 Å². The average molecular weight is 392 g/mol. The van der Waals surface area contributed by atoms with Gasteiger partial charge in [-0.1, -0.05) is 59.5 Å². The first kappa shape index (κ1) is 17.8. The van der Waals surface area contributed by atoms with E-state index in [1.807, 2.05) is 0 Å². The zero-order valence-electron chi connectivity index (χ0n) is 15.0. The number of rotatable bonds is 5. The summed E-state index contributed by atoms with van der Waals surface area (Å²) in [5.74, 6) is 0.592. The summed E-state index contributed by atoms with van der Waals surface area (Å²) in [4.78, 5) is 2.30. The molecule has 3 heteroatoms. The lowest BCUT2D eigenvalue weighted by Crippen LogP contribution is -2.11. The summed E-state index contributed by atoms with van der Waals surface area (Å²) in [6.45, 7) is 4.51. The molecule has 3 aromatic carbocycles. The first-order valence-electron chi connectivity index (χ1n) is 8.81. The van der Waals surface area contributed by atoms with Crippen LogP contribution in [0.1, 0.15) is 31.7 Å². The van der Waals surface area contributed by atoms with Crippen LogP contribution in [0.25, 0.3) is 0 Å². The van der Waals surface area contributed by atoms with Crippen LogP contribution in [0.15, 0.2) is 77.3 Å². The average Bonchev–Trinajstić information content (AvgIpc) is 2.65. The minimum absolute atomic E-state index is 0.592. The first-order chi connectivity index (χ1) is 12.1. The van der Waals surface area contributed by atoms with E-state index in [9.17, 15) is 0 Å². The number of anilines is 3. The SMILES string of the molecule is Bc1ccc(N(c2ccc(Br)cc2)c2ccc(C(C)CC)cc2)cc1. The van der Waals surface area contributed by atoms with Gasteiger partial charge in [0.1, 0.15) is 7.85 Å². The monoisotopic (exact) mass is 391 g/mol. The minimum Gasteiger partial charge on any atom is -0.311 e. The number of nitrogens with zero attached hydrogens (tertiary/aromatic N) is 1. The van der Waals surface area contributed by atoms with Crippen LogP contribution in [0.3, 0.4) is 0 Å². The van der Waals surface area contributed by atoms with Gasteiger partial charge in [0.15, 0.2) is 0 Å². The molecular weight excluding hydrogens is 369 g/mol. The Morgan fingerprint density at radius 1 is 0.800 bits per heavy atom. The fraction of sp³-hybridized carbons (Fsp3) is 0.182. The van der Waals surface area contributed by atoms with E-state index in [1.165, 1.54) is 22.4 Å². The molecule has 0 heterocycles. The maximum atomic E-state index is 3.53. The lowest BCUT2D eigenvalue weighted by Gasteiger charge is -2.26. The molecule has 0 aliphatic heterocycles. The fourth-order valence-corrected chi connectivity index (χ4v) is 3.18. The van der Waals surface area contributed by atoms with Gasteiger partial charge < -0.3 is 4.90 Å². The number of hydrogen-bond acceptors (Lipinski definition) is 1. The molecule has 3 aromatic rings. The fourth-order valence-electron chi connectivity index (χ4n) is 2.92. The lowest BCUT2D eigenvalue weighted by atomic mass is 9.96. The molecule has 0 saturated carbocycles. The van der Waals surface area contributed by atoms with Gasteiger partial charge in [0, 0.05) is 21.5 Å². The van der Waals surface area contributed by atoms with Crippen LogP contribution in [-0.4, -0.2) is 7.85 Å². The normalized spacial score (nSPS) is 12.0. The highest BCUT2D eigenvalue weighted by Crippen LogP contribution is 2.35. The number of halogens is 1. The molecule has 0 aliphatic carbocycles. The van der Waals surface area contributed by atoms with Crippen LogP contribution in [0.2, 0.25) is 0 Å². The van der Waals surface area contributed by atoms with Gasteiger partial charge in [0.2, 0.25) is 0 Å². The third-order valence-electron chi connectivity index (χ3n) is 4.71. The maximum absolute atomic E-state index is 3.53. The quantitative estimate of drug-likeness (QED) is 0.505. The first-order valence-corrected chi connectivity index (χ1v) is 9.60. The Balaban J connectivity index is 2.04. The highest BCUT2D eigenvalue weighted by atomic mass is 79.9. The van der Waals surface area contributed by atoms with Crippen molar-refractivity contribution in [1.82, 2.24) is 0 Å². The van der Waals surface area contributed by atoms with Crippen LogP contribution in [0.4, 0.5) is 17.1 Å². The third-order valence-corrected chi connectivity index (χ3v) is 5.24. The van der Waals surface area contributed by atoms with Gasteiger partial charge in [-0.15, -0.1) is 0 Å². The minimum atomic E-state index is 0.592. The molecule has 3 rings (SSSR count). The van der Waals surface area contributed by atoms with Crippen LogP contribution >= 0.6 is 15.9 Å². The Hall–Kier alpha value is -2.00. The van der Waals surface area contributed by atoms with Gasteiger partial charge in [0.25, 0.3) is 0 Å². The molecule has 0 fully saturated rings. The summed E-state index contributed by atoms with van der Waals surface area (Å²) in [5.41, 5.74) is 6.17. The molecule has 1 atom stereocenters. The van der Waals surface area contributed by atoms with Crippen molar-refractivity contribution < 1.29 is 0 Å². The van der Waals surface area contributed by atoms with Gasteiger partial charge in [-0.25, -0.2) is 0 Å². The highest BCUT2D eigenvalue weighted by Gasteiger charge is 2.13. The van der Waals surface area contributed by atoms with Crippen molar-refractivity contribution in [3.8, 4) is 0 Å². The van der Waals surface area contributed by atoms with Crippen molar-refractivity contribution in [3.05, 3.63) is 82.8 Å². The largest absolute Gasteiger partial charge is 0.311 e. The van der Waals surface area contributed by atoms with E-state index in [0.29, 0.717) is 5.92 Å². The van der Waals surface area contributed by atoms with E-state index in [0.717, 1.165) is 16.6 Å². The topological polar surface area (TPSA) is 3.24 Å². The van der Waals surface area contributed by atoms with Crippen LogP contribution in [0.5, 0.6) is 0 Å². The Morgan fingerprint density at radius 3 is 1.72 bits per heavy atom. The molecule has 25 heavy (non-hydrogen) atoms. The van der Waals surface area contributed by atoms with Gasteiger partial charge >= 0.3 is 0 Å². The second-order valence-corrected chi connectivity index (χ2v) is 7.46. The van der Waals surface area contributed by atoms with Crippen LogP contribution in [-0.2, 0) is 0 Å². The second-order valence-electron chi connectivity index (χ2n) is 6.55. The second kappa shape index (κ2) is 7.92. The van der Waals surface area contributed by atoms with Crippen molar-refractivity contribution in [2.75, 3.05) is 4.90 Å². The van der Waals surface area contributed by atoms with E-state index in [2.05, 4.69) is 115 Å². The molecule has 126 valence electrons. The Labute approximate surface area is 160 Å². The van der Waals surface area contributed by atoms with E-state index in [-0.39, 0.29) is 0 Å². The summed E-state index contributed by atoms with van der Waals surface area (Å²) in [7, 11) is 2.12. The predicted molar refractivity (Wildman–Crippen MR) is 116 cm³/mol. The van der Waals surface area contributed by atoms with Gasteiger partial charge in [-0.05, 0) is 66.4 Å². The molecule has 0 N–H and O–H groups in total. The Bertz CT molecular complexity index is 765. The molecule has 0 bridgehead atoms. The standard InChI is InChI=1S/C22H23BBrN/c1-3-16(2)17-4-10-20(11-5-17)25(21-12-6-18(23)7-13-21)22-14-8-19(24)9-15-22/h4-16H,3,23H2,1-2H3. The Kier molecular flexibility index (Phi) is 5.65. The molecule has 0 spiro atoms. The number of benzene rings is 3. The third kappa shape index (κ3) is 4.16. The van der Waals surface area contributed by atoms with Gasteiger partial charge in [0.05, 0.1) is 0 Å². The smallest absolute Gasteiger partial charge is 0.139 e. The summed E-state index contributed by atoms with van der Waals surface area (Å²) in [6.07, 6.45) is 1.16. The summed E-state index contributed by atoms with van der Waals surface area (Å²) >= 11 is 3.53. The molecular formula is C22H23BBrN.